The smallest absolute Gasteiger partial charge is 0.407 e. The number of amides is 1. The van der Waals surface area contributed by atoms with Gasteiger partial charge in [-0.15, -0.1) is 0 Å². The Kier molecular flexibility index (Phi) is 4.26. The maximum absolute atomic E-state index is 12.5. The van der Waals surface area contributed by atoms with Gasteiger partial charge in [0.1, 0.15) is 0 Å². The van der Waals surface area contributed by atoms with Gasteiger partial charge in [-0.05, 0) is 12.1 Å². The van der Waals surface area contributed by atoms with Gasteiger partial charge in [0.25, 0.3) is 0 Å². The average molecular weight is 300 g/mol. The normalized spacial score (nSPS) is 20.9. The van der Waals surface area contributed by atoms with Crippen molar-refractivity contribution in [2.75, 3.05) is 26.2 Å². The molecule has 1 unspecified atom stereocenters. The molecule has 2 N–H and O–H groups in total. The Labute approximate surface area is 117 Å². The first-order chi connectivity index (χ1) is 9.46. The lowest BCUT2D eigenvalue weighted by atomic mass is 10.2. The number of benzene rings is 1. The van der Waals surface area contributed by atoms with Gasteiger partial charge in [0.2, 0.25) is 10.0 Å². The van der Waals surface area contributed by atoms with Gasteiger partial charge < -0.3 is 15.1 Å². The molecule has 0 aromatic heterocycles. The molecule has 7 nitrogen and oxygen atoms in total. The van der Waals surface area contributed by atoms with Crippen molar-refractivity contribution in [3.8, 4) is 0 Å². The molecule has 1 aromatic carbocycles. The van der Waals surface area contributed by atoms with Crippen LogP contribution in [-0.2, 0) is 10.0 Å². The molecule has 0 bridgehead atoms. The molecule has 0 saturated carbocycles. The summed E-state index contributed by atoms with van der Waals surface area (Å²) in [7, 11) is -3.72. The summed E-state index contributed by atoms with van der Waals surface area (Å²) in [4.78, 5) is 12.2. The van der Waals surface area contributed by atoms with E-state index in [2.05, 4.69) is 0 Å². The SMILES string of the molecule is O=C(O)N1CCN(S(=O)(=O)c2ccccc2)C(CO)C1. The van der Waals surface area contributed by atoms with E-state index >= 15 is 0 Å². The number of aliphatic hydroxyl groups excluding tert-OH is 1. The summed E-state index contributed by atoms with van der Waals surface area (Å²) in [6.07, 6.45) is -1.11. The van der Waals surface area contributed by atoms with Crippen LogP contribution in [0.2, 0.25) is 0 Å². The molecule has 1 saturated heterocycles. The summed E-state index contributed by atoms with van der Waals surface area (Å²) in [5.41, 5.74) is 0. The predicted octanol–water partition coefficient (Wildman–Crippen LogP) is 0.0318. The highest BCUT2D eigenvalue weighted by atomic mass is 32.2. The Hall–Kier alpha value is -1.64. The number of carbonyl (C=O) groups is 1. The van der Waals surface area contributed by atoms with E-state index in [-0.39, 0.29) is 24.5 Å². The molecule has 0 aliphatic carbocycles. The van der Waals surface area contributed by atoms with E-state index in [0.717, 1.165) is 4.90 Å². The maximum atomic E-state index is 12.5. The van der Waals surface area contributed by atoms with Gasteiger partial charge >= 0.3 is 6.09 Å². The quantitative estimate of drug-likeness (QED) is 0.821. The third-order valence-corrected chi connectivity index (χ3v) is 5.23. The van der Waals surface area contributed by atoms with E-state index in [9.17, 15) is 18.3 Å². The van der Waals surface area contributed by atoms with Crippen LogP contribution in [0, 0.1) is 0 Å². The van der Waals surface area contributed by atoms with E-state index in [4.69, 9.17) is 5.11 Å². The van der Waals surface area contributed by atoms with Crippen LogP contribution < -0.4 is 0 Å². The minimum absolute atomic E-state index is 0.0299. The largest absolute Gasteiger partial charge is 0.465 e. The molecule has 1 aliphatic rings. The number of nitrogens with zero attached hydrogens (tertiary/aromatic N) is 2. The first-order valence-electron chi connectivity index (χ1n) is 6.12. The highest BCUT2D eigenvalue weighted by Crippen LogP contribution is 2.21. The van der Waals surface area contributed by atoms with Gasteiger partial charge in [-0.2, -0.15) is 4.31 Å². The second-order valence-corrected chi connectivity index (χ2v) is 6.38. The van der Waals surface area contributed by atoms with Crippen molar-refractivity contribution in [2.24, 2.45) is 0 Å². The van der Waals surface area contributed by atoms with Gasteiger partial charge in [0, 0.05) is 19.6 Å². The van der Waals surface area contributed by atoms with Crippen molar-refractivity contribution in [3.63, 3.8) is 0 Å². The molecule has 0 radical (unpaired) electrons. The molecule has 2 rings (SSSR count). The molecule has 1 amide bonds. The molecular weight excluding hydrogens is 284 g/mol. The average Bonchev–Trinajstić information content (AvgIpc) is 2.47. The number of hydrogen-bond donors (Lipinski definition) is 2. The Morgan fingerprint density at radius 1 is 1.25 bits per heavy atom. The van der Waals surface area contributed by atoms with Crippen LogP contribution in [0.15, 0.2) is 35.2 Å². The molecule has 1 fully saturated rings. The Bertz CT molecular complexity index is 575. The second-order valence-electron chi connectivity index (χ2n) is 4.49. The van der Waals surface area contributed by atoms with E-state index in [0.29, 0.717) is 0 Å². The fraction of sp³-hybridized carbons (Fsp3) is 0.417. The van der Waals surface area contributed by atoms with E-state index in [1.807, 2.05) is 0 Å². The second kappa shape index (κ2) is 5.78. The van der Waals surface area contributed by atoms with Crippen LogP contribution in [-0.4, -0.2) is 66.2 Å². The summed E-state index contributed by atoms with van der Waals surface area (Å²) in [5.74, 6) is 0. The molecule has 1 aliphatic heterocycles. The highest BCUT2D eigenvalue weighted by Gasteiger charge is 2.36. The molecule has 0 spiro atoms. The molecule has 110 valence electrons. The topological polar surface area (TPSA) is 98.2 Å². The predicted molar refractivity (Wildman–Crippen MR) is 70.8 cm³/mol. The Morgan fingerprint density at radius 2 is 1.90 bits per heavy atom. The summed E-state index contributed by atoms with van der Waals surface area (Å²) >= 11 is 0. The van der Waals surface area contributed by atoms with Gasteiger partial charge in [0.05, 0.1) is 17.5 Å². The van der Waals surface area contributed by atoms with E-state index < -0.39 is 28.8 Å². The lowest BCUT2D eigenvalue weighted by molar-refractivity contribution is 0.0817. The van der Waals surface area contributed by atoms with Crippen LogP contribution in [0.3, 0.4) is 0 Å². The zero-order valence-electron chi connectivity index (χ0n) is 10.7. The van der Waals surface area contributed by atoms with Gasteiger partial charge in [-0.3, -0.25) is 0 Å². The molecule has 1 atom stereocenters. The van der Waals surface area contributed by atoms with Crippen molar-refractivity contribution < 1.29 is 23.4 Å². The summed E-state index contributed by atoms with van der Waals surface area (Å²) in [5, 5.41) is 18.3. The number of sulfonamides is 1. The van der Waals surface area contributed by atoms with Crippen molar-refractivity contribution in [1.82, 2.24) is 9.21 Å². The summed E-state index contributed by atoms with van der Waals surface area (Å²) in [6.45, 7) is -0.319. The summed E-state index contributed by atoms with van der Waals surface area (Å²) in [6, 6.07) is 7.15. The van der Waals surface area contributed by atoms with E-state index in [1.54, 1.807) is 18.2 Å². The third kappa shape index (κ3) is 2.77. The van der Waals surface area contributed by atoms with Crippen molar-refractivity contribution in [1.29, 1.82) is 0 Å². The molecule has 1 heterocycles. The van der Waals surface area contributed by atoms with Crippen LogP contribution in [0.25, 0.3) is 0 Å². The number of carboxylic acid groups (broad SMARTS) is 1. The zero-order chi connectivity index (χ0) is 14.8. The Balaban J connectivity index is 2.26. The third-order valence-electron chi connectivity index (χ3n) is 3.26. The molecule has 8 heteroatoms. The lowest BCUT2D eigenvalue weighted by Crippen LogP contribution is -2.57. The minimum Gasteiger partial charge on any atom is -0.465 e. The zero-order valence-corrected chi connectivity index (χ0v) is 11.5. The van der Waals surface area contributed by atoms with Crippen molar-refractivity contribution in [3.05, 3.63) is 30.3 Å². The van der Waals surface area contributed by atoms with Gasteiger partial charge in [0.15, 0.2) is 0 Å². The minimum atomic E-state index is -3.72. The standard InChI is InChI=1S/C12H16N2O5S/c15-9-10-8-13(12(16)17)6-7-14(10)20(18,19)11-4-2-1-3-5-11/h1-5,10,15H,6-9H2,(H,16,17). The molecular formula is C12H16N2O5S. The van der Waals surface area contributed by atoms with Crippen molar-refractivity contribution in [2.45, 2.75) is 10.9 Å². The van der Waals surface area contributed by atoms with Crippen LogP contribution in [0.5, 0.6) is 0 Å². The van der Waals surface area contributed by atoms with Crippen LogP contribution >= 0.6 is 0 Å². The first kappa shape index (κ1) is 14.8. The van der Waals surface area contributed by atoms with E-state index in [1.165, 1.54) is 16.4 Å². The maximum Gasteiger partial charge on any atom is 0.407 e. The summed E-state index contributed by atoms with van der Waals surface area (Å²) < 4.78 is 26.1. The van der Waals surface area contributed by atoms with Gasteiger partial charge in [-0.25, -0.2) is 13.2 Å². The van der Waals surface area contributed by atoms with Crippen LogP contribution in [0.1, 0.15) is 0 Å². The fourth-order valence-corrected chi connectivity index (χ4v) is 3.83. The van der Waals surface area contributed by atoms with Crippen molar-refractivity contribution >= 4 is 16.1 Å². The van der Waals surface area contributed by atoms with Gasteiger partial charge in [-0.1, -0.05) is 18.2 Å². The molecule has 1 aromatic rings. The van der Waals surface area contributed by atoms with Crippen LogP contribution in [0.4, 0.5) is 4.79 Å². The number of hydrogen-bond acceptors (Lipinski definition) is 4. The number of rotatable bonds is 3. The number of aliphatic hydroxyl groups is 1. The monoisotopic (exact) mass is 300 g/mol. The Morgan fingerprint density at radius 3 is 2.45 bits per heavy atom. The number of piperazine rings is 1. The first-order valence-corrected chi connectivity index (χ1v) is 7.56. The fourth-order valence-electron chi connectivity index (χ4n) is 2.21. The molecule has 20 heavy (non-hydrogen) atoms. The lowest BCUT2D eigenvalue weighted by Gasteiger charge is -2.38. The highest BCUT2D eigenvalue weighted by molar-refractivity contribution is 7.89.